The van der Waals surface area contributed by atoms with Crippen molar-refractivity contribution >= 4 is 11.3 Å². The maximum Gasteiger partial charge on any atom is 0.0933 e. The van der Waals surface area contributed by atoms with E-state index in [1.807, 2.05) is 11.3 Å². The van der Waals surface area contributed by atoms with Gasteiger partial charge in [-0.1, -0.05) is 19.8 Å². The molecule has 1 aliphatic carbocycles. The third-order valence-corrected chi connectivity index (χ3v) is 5.16. The summed E-state index contributed by atoms with van der Waals surface area (Å²) < 4.78 is 0. The first-order valence-corrected chi connectivity index (χ1v) is 8.17. The topological polar surface area (TPSA) is 24.9 Å². The Bertz CT molecular complexity index is 353. The molecular formula is C15H26N2S. The van der Waals surface area contributed by atoms with Crippen LogP contribution in [0.3, 0.4) is 0 Å². The van der Waals surface area contributed by atoms with Crippen molar-refractivity contribution < 1.29 is 0 Å². The molecule has 2 atom stereocenters. The predicted molar refractivity (Wildman–Crippen MR) is 79.3 cm³/mol. The van der Waals surface area contributed by atoms with Crippen LogP contribution in [0.5, 0.6) is 0 Å². The maximum atomic E-state index is 4.70. The first-order chi connectivity index (χ1) is 8.69. The van der Waals surface area contributed by atoms with Crippen LogP contribution >= 0.6 is 11.3 Å². The highest BCUT2D eigenvalue weighted by Crippen LogP contribution is 2.28. The van der Waals surface area contributed by atoms with Gasteiger partial charge in [0.25, 0.3) is 0 Å². The fourth-order valence-corrected chi connectivity index (χ4v) is 4.04. The fraction of sp³-hybridized carbons (Fsp3) is 0.800. The summed E-state index contributed by atoms with van der Waals surface area (Å²) in [4.78, 5) is 6.09. The van der Waals surface area contributed by atoms with Gasteiger partial charge in [0.1, 0.15) is 0 Å². The van der Waals surface area contributed by atoms with Crippen molar-refractivity contribution in [1.29, 1.82) is 0 Å². The van der Waals surface area contributed by atoms with Crippen LogP contribution in [0.2, 0.25) is 0 Å². The lowest BCUT2D eigenvalue weighted by Crippen LogP contribution is -2.30. The highest BCUT2D eigenvalue weighted by molar-refractivity contribution is 7.11. The quantitative estimate of drug-likeness (QED) is 0.837. The van der Waals surface area contributed by atoms with Gasteiger partial charge < -0.3 is 5.32 Å². The second-order valence-corrected chi connectivity index (χ2v) is 6.88. The molecule has 2 rings (SSSR count). The Labute approximate surface area is 115 Å². The molecule has 0 radical (unpaired) electrons. The van der Waals surface area contributed by atoms with Crippen LogP contribution in [-0.2, 0) is 6.42 Å². The Morgan fingerprint density at radius 2 is 2.06 bits per heavy atom. The lowest BCUT2D eigenvalue weighted by atomic mass is 9.95. The van der Waals surface area contributed by atoms with Gasteiger partial charge in [-0.15, -0.1) is 11.3 Å². The number of hydrogen-bond donors (Lipinski definition) is 1. The van der Waals surface area contributed by atoms with Crippen LogP contribution in [0, 0.1) is 19.8 Å². The van der Waals surface area contributed by atoms with Gasteiger partial charge in [-0.25, -0.2) is 4.98 Å². The van der Waals surface area contributed by atoms with E-state index >= 15 is 0 Å². The Morgan fingerprint density at radius 1 is 1.28 bits per heavy atom. The SMILES string of the molecule is CCNC1CCCCC(Cc2nc(C)c(C)s2)C1. The van der Waals surface area contributed by atoms with E-state index in [0.29, 0.717) is 0 Å². The molecule has 0 bridgehead atoms. The van der Waals surface area contributed by atoms with Gasteiger partial charge in [-0.3, -0.25) is 0 Å². The van der Waals surface area contributed by atoms with Gasteiger partial charge in [-0.05, 0) is 45.6 Å². The van der Waals surface area contributed by atoms with Gasteiger partial charge in [0.15, 0.2) is 0 Å². The zero-order valence-corrected chi connectivity index (χ0v) is 12.8. The van der Waals surface area contributed by atoms with Crippen LogP contribution in [0.25, 0.3) is 0 Å². The summed E-state index contributed by atoms with van der Waals surface area (Å²) in [5.74, 6) is 0.835. The van der Waals surface area contributed by atoms with E-state index in [2.05, 4.69) is 26.1 Å². The summed E-state index contributed by atoms with van der Waals surface area (Å²) in [5.41, 5.74) is 1.23. The van der Waals surface area contributed by atoms with Crippen LogP contribution in [-0.4, -0.2) is 17.6 Å². The van der Waals surface area contributed by atoms with Crippen LogP contribution < -0.4 is 5.32 Å². The molecule has 18 heavy (non-hydrogen) atoms. The van der Waals surface area contributed by atoms with Crippen LogP contribution in [0.1, 0.15) is 54.6 Å². The minimum Gasteiger partial charge on any atom is -0.314 e. The molecule has 2 unspecified atom stereocenters. The molecule has 1 aliphatic rings. The van der Waals surface area contributed by atoms with Gasteiger partial charge in [-0.2, -0.15) is 0 Å². The molecule has 0 amide bonds. The average molecular weight is 266 g/mol. The maximum absolute atomic E-state index is 4.70. The molecule has 102 valence electrons. The molecule has 1 aromatic rings. The molecule has 0 aliphatic heterocycles. The molecule has 1 N–H and O–H groups in total. The Kier molecular flexibility index (Phi) is 5.19. The highest BCUT2D eigenvalue weighted by atomic mass is 32.1. The minimum absolute atomic E-state index is 0.740. The van der Waals surface area contributed by atoms with Crippen molar-refractivity contribution in [2.45, 2.75) is 65.3 Å². The second-order valence-electron chi connectivity index (χ2n) is 5.59. The third kappa shape index (κ3) is 3.79. The number of aryl methyl sites for hydroxylation is 2. The molecule has 1 fully saturated rings. The Hall–Kier alpha value is -0.410. The molecule has 1 saturated carbocycles. The lowest BCUT2D eigenvalue weighted by Gasteiger charge is -2.19. The molecule has 2 nitrogen and oxygen atoms in total. The molecule has 0 aromatic carbocycles. The van der Waals surface area contributed by atoms with E-state index in [1.165, 1.54) is 54.1 Å². The van der Waals surface area contributed by atoms with E-state index < -0.39 is 0 Å². The van der Waals surface area contributed by atoms with Crippen molar-refractivity contribution in [3.8, 4) is 0 Å². The monoisotopic (exact) mass is 266 g/mol. The molecule has 0 saturated heterocycles. The second kappa shape index (κ2) is 6.67. The summed E-state index contributed by atoms with van der Waals surface area (Å²) in [6, 6.07) is 0.740. The lowest BCUT2D eigenvalue weighted by molar-refractivity contribution is 0.389. The number of aromatic nitrogens is 1. The van der Waals surface area contributed by atoms with Crippen molar-refractivity contribution in [2.24, 2.45) is 5.92 Å². The number of nitrogens with one attached hydrogen (secondary N) is 1. The predicted octanol–water partition coefficient (Wildman–Crippen LogP) is 3.86. The van der Waals surface area contributed by atoms with Crippen molar-refractivity contribution in [3.63, 3.8) is 0 Å². The normalized spacial score (nSPS) is 25.1. The van der Waals surface area contributed by atoms with Gasteiger partial charge >= 0.3 is 0 Å². The van der Waals surface area contributed by atoms with Gasteiger partial charge in [0.05, 0.1) is 10.7 Å². The van der Waals surface area contributed by atoms with Crippen molar-refractivity contribution in [2.75, 3.05) is 6.54 Å². The van der Waals surface area contributed by atoms with E-state index in [4.69, 9.17) is 4.98 Å². The third-order valence-electron chi connectivity index (χ3n) is 4.06. The highest BCUT2D eigenvalue weighted by Gasteiger charge is 2.21. The largest absolute Gasteiger partial charge is 0.314 e. The standard InChI is InChI=1S/C15H26N2S/c1-4-16-14-8-6-5-7-13(9-14)10-15-17-11(2)12(3)18-15/h13-14,16H,4-10H2,1-3H3. The summed E-state index contributed by atoms with van der Waals surface area (Å²) in [7, 11) is 0. The molecular weight excluding hydrogens is 240 g/mol. The smallest absolute Gasteiger partial charge is 0.0933 e. The first kappa shape index (κ1) is 14.0. The van der Waals surface area contributed by atoms with E-state index in [-0.39, 0.29) is 0 Å². The zero-order valence-electron chi connectivity index (χ0n) is 12.0. The van der Waals surface area contributed by atoms with E-state index in [9.17, 15) is 0 Å². The number of rotatable bonds is 4. The Morgan fingerprint density at radius 3 is 2.72 bits per heavy atom. The molecule has 3 heteroatoms. The first-order valence-electron chi connectivity index (χ1n) is 7.35. The Balaban J connectivity index is 1.94. The molecule has 0 spiro atoms. The number of thiazole rings is 1. The number of hydrogen-bond acceptors (Lipinski definition) is 3. The van der Waals surface area contributed by atoms with E-state index in [1.54, 1.807) is 0 Å². The van der Waals surface area contributed by atoms with E-state index in [0.717, 1.165) is 18.5 Å². The summed E-state index contributed by atoms with van der Waals surface area (Å²) in [6.07, 6.45) is 8.08. The summed E-state index contributed by atoms with van der Waals surface area (Å²) >= 11 is 1.90. The zero-order chi connectivity index (χ0) is 13.0. The fourth-order valence-electron chi connectivity index (χ4n) is 2.99. The number of nitrogens with zero attached hydrogens (tertiary/aromatic N) is 1. The summed E-state index contributed by atoms with van der Waals surface area (Å²) in [6.45, 7) is 7.63. The average Bonchev–Trinajstić information content (AvgIpc) is 2.53. The molecule has 1 aromatic heterocycles. The van der Waals surface area contributed by atoms with Crippen molar-refractivity contribution in [1.82, 2.24) is 10.3 Å². The van der Waals surface area contributed by atoms with Crippen LogP contribution in [0.4, 0.5) is 0 Å². The van der Waals surface area contributed by atoms with Crippen molar-refractivity contribution in [3.05, 3.63) is 15.6 Å². The molecule has 1 heterocycles. The van der Waals surface area contributed by atoms with Gasteiger partial charge in [0.2, 0.25) is 0 Å². The van der Waals surface area contributed by atoms with Gasteiger partial charge in [0, 0.05) is 17.3 Å². The minimum atomic E-state index is 0.740. The van der Waals surface area contributed by atoms with Crippen LogP contribution in [0.15, 0.2) is 0 Å². The summed E-state index contributed by atoms with van der Waals surface area (Å²) in [5, 5.41) is 4.99.